The minimum atomic E-state index is -0.664. The van der Waals surface area contributed by atoms with Crippen LogP contribution in [-0.2, 0) is 4.79 Å². The van der Waals surface area contributed by atoms with Crippen LogP contribution in [0.25, 0.3) is 5.69 Å². The number of amides is 2. The number of carbonyl (C=O) groups excluding carboxylic acids is 3. The van der Waals surface area contributed by atoms with E-state index in [1.807, 2.05) is 30.3 Å². The Labute approximate surface area is 182 Å². The van der Waals surface area contributed by atoms with Crippen LogP contribution in [0.3, 0.4) is 0 Å². The number of ketones is 1. The maximum Gasteiger partial charge on any atom is 0.295 e. The van der Waals surface area contributed by atoms with E-state index in [2.05, 4.69) is 5.10 Å². The van der Waals surface area contributed by atoms with Gasteiger partial charge in [0.05, 0.1) is 23.0 Å². The highest BCUT2D eigenvalue weighted by Gasteiger charge is 2.30. The third-order valence-corrected chi connectivity index (χ3v) is 5.31. The first-order valence-corrected chi connectivity index (χ1v) is 10.00. The van der Waals surface area contributed by atoms with E-state index in [1.54, 1.807) is 0 Å². The Kier molecular flexibility index (Phi) is 5.81. The lowest BCUT2D eigenvalue weighted by atomic mass is 10.1. The topological polar surface area (TPSA) is 75.5 Å². The number of hydrogen-bond acceptors (Lipinski definition) is 4. The Morgan fingerprint density at radius 2 is 1.61 bits per heavy atom. The lowest BCUT2D eigenvalue weighted by molar-refractivity contribution is -0.127. The Balaban J connectivity index is 1.39. The van der Waals surface area contributed by atoms with E-state index in [0.717, 1.165) is 11.8 Å². The van der Waals surface area contributed by atoms with Crippen LogP contribution in [0.15, 0.2) is 60.9 Å². The molecule has 1 saturated heterocycles. The first-order valence-electron chi connectivity index (χ1n) is 9.62. The van der Waals surface area contributed by atoms with Crippen molar-refractivity contribution in [1.29, 1.82) is 0 Å². The zero-order valence-corrected chi connectivity index (χ0v) is 17.1. The summed E-state index contributed by atoms with van der Waals surface area (Å²) in [6.07, 6.45) is 2.87. The summed E-state index contributed by atoms with van der Waals surface area (Å²) >= 11 is 5.86. The second kappa shape index (κ2) is 8.69. The summed E-state index contributed by atoms with van der Waals surface area (Å²) in [6.45, 7) is 0.719. The molecule has 1 aliphatic rings. The molecule has 1 aromatic heterocycles. The zero-order valence-electron chi connectivity index (χ0n) is 16.4. The predicted molar refractivity (Wildman–Crippen MR) is 112 cm³/mol. The fraction of sp³-hybridized carbons (Fsp3) is 0.182. The summed E-state index contributed by atoms with van der Waals surface area (Å²) in [5.74, 6) is -2.47. The first-order chi connectivity index (χ1) is 14.9. The van der Waals surface area contributed by atoms with Crippen LogP contribution in [0.5, 0.6) is 0 Å². The van der Waals surface area contributed by atoms with Gasteiger partial charge in [-0.05, 0) is 30.3 Å². The summed E-state index contributed by atoms with van der Waals surface area (Å²) in [6, 6.07) is 13.0. The van der Waals surface area contributed by atoms with Gasteiger partial charge in [0.25, 0.3) is 17.6 Å². The summed E-state index contributed by atoms with van der Waals surface area (Å²) in [7, 11) is 0. The van der Waals surface area contributed by atoms with E-state index in [0.29, 0.717) is 0 Å². The highest BCUT2D eigenvalue weighted by Crippen LogP contribution is 2.18. The monoisotopic (exact) mass is 440 g/mol. The second-order valence-electron chi connectivity index (χ2n) is 7.05. The van der Waals surface area contributed by atoms with Crippen molar-refractivity contribution in [2.45, 2.75) is 0 Å². The number of hydrogen-bond donors (Lipinski definition) is 0. The summed E-state index contributed by atoms with van der Waals surface area (Å²) in [4.78, 5) is 40.7. The number of piperazine rings is 1. The van der Waals surface area contributed by atoms with Crippen LogP contribution in [-0.4, -0.2) is 63.4 Å². The minimum Gasteiger partial charge on any atom is -0.335 e. The van der Waals surface area contributed by atoms with Gasteiger partial charge in [0.1, 0.15) is 5.82 Å². The average molecular weight is 441 g/mol. The van der Waals surface area contributed by atoms with Crippen LogP contribution in [0.2, 0.25) is 5.02 Å². The van der Waals surface area contributed by atoms with Crippen molar-refractivity contribution in [3.8, 4) is 5.69 Å². The molecular formula is C22H18ClFN4O3. The number of halogens is 2. The maximum atomic E-state index is 14.0. The predicted octanol–water partition coefficient (Wildman–Crippen LogP) is 2.83. The van der Waals surface area contributed by atoms with Crippen molar-refractivity contribution >= 4 is 29.2 Å². The minimum absolute atomic E-state index is 0.114. The van der Waals surface area contributed by atoms with Crippen molar-refractivity contribution in [2.24, 2.45) is 0 Å². The highest BCUT2D eigenvalue weighted by atomic mass is 35.5. The molecule has 1 fully saturated rings. The fourth-order valence-corrected chi connectivity index (χ4v) is 3.55. The molecule has 2 amide bonds. The number of carbonyl (C=O) groups is 3. The Bertz CT molecular complexity index is 1140. The van der Waals surface area contributed by atoms with Crippen LogP contribution in [0.1, 0.15) is 20.7 Å². The smallest absolute Gasteiger partial charge is 0.295 e. The van der Waals surface area contributed by atoms with E-state index in [9.17, 15) is 18.8 Å². The number of rotatable bonds is 4. The van der Waals surface area contributed by atoms with Gasteiger partial charge in [-0.1, -0.05) is 29.8 Å². The molecule has 1 aliphatic heterocycles. The molecule has 0 spiro atoms. The molecule has 0 saturated carbocycles. The maximum absolute atomic E-state index is 14.0. The Morgan fingerprint density at radius 3 is 2.32 bits per heavy atom. The average Bonchev–Trinajstić information content (AvgIpc) is 3.30. The fourth-order valence-electron chi connectivity index (χ4n) is 3.37. The molecule has 4 rings (SSSR count). The lowest BCUT2D eigenvalue weighted by Crippen LogP contribution is -2.52. The molecule has 0 bridgehead atoms. The molecule has 9 heteroatoms. The van der Waals surface area contributed by atoms with Crippen LogP contribution in [0.4, 0.5) is 4.39 Å². The molecular weight excluding hydrogens is 423 g/mol. The van der Waals surface area contributed by atoms with E-state index in [4.69, 9.17) is 11.6 Å². The summed E-state index contributed by atoms with van der Waals surface area (Å²) in [5, 5.41) is 4.41. The number of benzene rings is 2. The van der Waals surface area contributed by atoms with Crippen LogP contribution in [0, 0.1) is 5.82 Å². The van der Waals surface area contributed by atoms with Crippen LogP contribution < -0.4 is 0 Å². The van der Waals surface area contributed by atoms with E-state index < -0.39 is 23.4 Å². The zero-order chi connectivity index (χ0) is 22.0. The Hall–Kier alpha value is -3.52. The van der Waals surface area contributed by atoms with Gasteiger partial charge < -0.3 is 9.80 Å². The Morgan fingerprint density at radius 1 is 0.935 bits per heavy atom. The molecule has 0 aliphatic carbocycles. The SMILES string of the molecule is O=C(C(=O)N1CCN(C(=O)c2cc(Cl)ccc2F)CC1)c1cnn(-c2ccccc2)c1. The molecule has 31 heavy (non-hydrogen) atoms. The molecule has 0 radical (unpaired) electrons. The molecule has 2 aromatic carbocycles. The van der Waals surface area contributed by atoms with Gasteiger partial charge in [-0.25, -0.2) is 9.07 Å². The molecule has 2 heterocycles. The third kappa shape index (κ3) is 4.34. The quantitative estimate of drug-likeness (QED) is 0.462. The van der Waals surface area contributed by atoms with E-state index in [-0.39, 0.29) is 42.3 Å². The molecule has 3 aromatic rings. The van der Waals surface area contributed by atoms with E-state index in [1.165, 1.54) is 39.0 Å². The van der Waals surface area contributed by atoms with Gasteiger partial charge >= 0.3 is 0 Å². The van der Waals surface area contributed by atoms with Crippen molar-refractivity contribution in [2.75, 3.05) is 26.2 Å². The van der Waals surface area contributed by atoms with Crippen molar-refractivity contribution in [3.63, 3.8) is 0 Å². The van der Waals surface area contributed by atoms with Gasteiger partial charge in [0.2, 0.25) is 0 Å². The highest BCUT2D eigenvalue weighted by molar-refractivity contribution is 6.42. The van der Waals surface area contributed by atoms with E-state index >= 15 is 0 Å². The molecule has 158 valence electrons. The number of nitrogens with zero attached hydrogens (tertiary/aromatic N) is 4. The van der Waals surface area contributed by atoms with Crippen molar-refractivity contribution in [3.05, 3.63) is 82.9 Å². The van der Waals surface area contributed by atoms with Gasteiger partial charge in [0, 0.05) is 37.4 Å². The second-order valence-corrected chi connectivity index (χ2v) is 7.48. The van der Waals surface area contributed by atoms with Gasteiger partial charge in [0.15, 0.2) is 0 Å². The molecule has 0 N–H and O–H groups in total. The molecule has 7 nitrogen and oxygen atoms in total. The first kappa shape index (κ1) is 20.7. The summed E-state index contributed by atoms with van der Waals surface area (Å²) in [5.41, 5.74) is 0.847. The number of aromatic nitrogens is 2. The normalized spacial score (nSPS) is 13.9. The number of para-hydroxylation sites is 1. The van der Waals surface area contributed by atoms with Crippen molar-refractivity contribution in [1.82, 2.24) is 19.6 Å². The van der Waals surface area contributed by atoms with Gasteiger partial charge in [-0.2, -0.15) is 5.10 Å². The standard InChI is InChI=1S/C22H18ClFN4O3/c23-16-6-7-19(24)18(12-16)21(30)26-8-10-27(11-9-26)22(31)20(29)15-13-25-28(14-15)17-4-2-1-3-5-17/h1-7,12-14H,8-11H2. The summed E-state index contributed by atoms with van der Waals surface area (Å²) < 4.78 is 15.5. The van der Waals surface area contributed by atoms with Gasteiger partial charge in [-0.15, -0.1) is 0 Å². The lowest BCUT2D eigenvalue weighted by Gasteiger charge is -2.34. The largest absolute Gasteiger partial charge is 0.335 e. The van der Waals surface area contributed by atoms with Crippen molar-refractivity contribution < 1.29 is 18.8 Å². The molecule has 0 unspecified atom stereocenters. The number of Topliss-reactive ketones (excluding diaryl/α,β-unsaturated/α-hetero) is 1. The van der Waals surface area contributed by atoms with Gasteiger partial charge in [-0.3, -0.25) is 14.4 Å². The van der Waals surface area contributed by atoms with Crippen LogP contribution >= 0.6 is 11.6 Å². The molecule has 0 atom stereocenters. The third-order valence-electron chi connectivity index (χ3n) is 5.07.